The Morgan fingerprint density at radius 3 is 2.27 bits per heavy atom. The van der Waals surface area contributed by atoms with E-state index in [9.17, 15) is 19.7 Å². The number of hydrogen-bond donors (Lipinski definition) is 3. The van der Waals surface area contributed by atoms with Crippen molar-refractivity contribution in [1.82, 2.24) is 0 Å². The second-order valence-electron chi connectivity index (χ2n) is 6.50. The first-order valence-electron chi connectivity index (χ1n) is 7.62. The second-order valence-corrected chi connectivity index (χ2v) is 9.20. The average Bonchev–Trinajstić information content (AvgIpc) is 2.65. The maximum absolute atomic E-state index is 12.4. The monoisotopic (exact) mass is 356 g/mol. The Kier molecular flexibility index (Phi) is 6.59. The third-order valence-electron chi connectivity index (χ3n) is 4.55. The molecule has 6 nitrogen and oxygen atoms in total. The number of alkyl halides is 1. The largest absolute Gasteiger partial charge is 0.389 e. The smallest absolute Gasteiger partial charge is 0.359 e. The summed E-state index contributed by atoms with van der Waals surface area (Å²) in [4.78, 5) is 10.1. The Balaban J connectivity index is 2.87. The molecule has 0 aliphatic carbocycles. The van der Waals surface area contributed by atoms with Crippen LogP contribution in [0.1, 0.15) is 47.0 Å². The van der Waals surface area contributed by atoms with Crippen LogP contribution in [0.25, 0.3) is 0 Å². The van der Waals surface area contributed by atoms with Crippen LogP contribution in [0.5, 0.6) is 0 Å². The van der Waals surface area contributed by atoms with Gasteiger partial charge in [-0.1, -0.05) is 13.8 Å². The fourth-order valence-corrected chi connectivity index (χ4v) is 3.97. The van der Waals surface area contributed by atoms with E-state index < -0.39 is 36.1 Å². The van der Waals surface area contributed by atoms with Crippen LogP contribution in [-0.4, -0.2) is 57.5 Å². The summed E-state index contributed by atoms with van der Waals surface area (Å²) < 4.78 is 23.4. The van der Waals surface area contributed by atoms with E-state index in [4.69, 9.17) is 20.9 Å². The lowest BCUT2D eigenvalue weighted by molar-refractivity contribution is -0.0425. The number of aliphatic hydroxyl groups excluding tert-OH is 1. The molecule has 0 aromatic heterocycles. The Labute approximate surface area is 138 Å². The van der Waals surface area contributed by atoms with Crippen molar-refractivity contribution in [3.63, 3.8) is 0 Å². The minimum absolute atomic E-state index is 0.0872. The Bertz CT molecular complexity index is 437. The van der Waals surface area contributed by atoms with Crippen molar-refractivity contribution in [3.8, 4) is 0 Å². The van der Waals surface area contributed by atoms with Gasteiger partial charge in [0.1, 0.15) is 7.85 Å². The highest BCUT2D eigenvalue weighted by molar-refractivity contribution is 7.54. The molecule has 0 bridgehead atoms. The van der Waals surface area contributed by atoms with E-state index in [1.807, 2.05) is 6.92 Å². The lowest BCUT2D eigenvalue weighted by atomic mass is 9.91. The summed E-state index contributed by atoms with van der Waals surface area (Å²) in [5.74, 6) is 0. The molecule has 1 saturated heterocycles. The van der Waals surface area contributed by atoms with E-state index in [1.165, 1.54) is 6.92 Å². The zero-order valence-electron chi connectivity index (χ0n) is 13.8. The van der Waals surface area contributed by atoms with Crippen molar-refractivity contribution < 1.29 is 28.9 Å². The first-order valence-corrected chi connectivity index (χ1v) is 9.64. The minimum atomic E-state index is -4.26. The first-order chi connectivity index (χ1) is 9.89. The van der Waals surface area contributed by atoms with E-state index in [2.05, 4.69) is 0 Å². The topological polar surface area (TPSA) is 96.2 Å². The van der Waals surface area contributed by atoms with Gasteiger partial charge in [-0.2, -0.15) is 0 Å². The normalized spacial score (nSPS) is 37.3. The zero-order chi connectivity index (χ0) is 17.3. The zero-order valence-corrected chi connectivity index (χ0v) is 15.5. The van der Waals surface area contributed by atoms with E-state index in [1.54, 1.807) is 21.7 Å². The summed E-state index contributed by atoms with van der Waals surface area (Å²) in [6, 6.07) is -0.303. The van der Waals surface area contributed by atoms with Crippen LogP contribution in [0.15, 0.2) is 0 Å². The molecule has 22 heavy (non-hydrogen) atoms. The third-order valence-corrected chi connectivity index (χ3v) is 7.38. The number of halogens is 1. The van der Waals surface area contributed by atoms with Crippen molar-refractivity contribution in [2.24, 2.45) is 0 Å². The molecule has 1 rings (SSSR count). The van der Waals surface area contributed by atoms with Crippen LogP contribution in [0, 0.1) is 0 Å². The lowest BCUT2D eigenvalue weighted by Crippen LogP contribution is -2.39. The van der Waals surface area contributed by atoms with Crippen LogP contribution < -0.4 is 0 Å². The highest BCUT2D eigenvalue weighted by Gasteiger charge is 2.49. The summed E-state index contributed by atoms with van der Waals surface area (Å²) in [6.07, 6.45) is -0.720. The summed E-state index contributed by atoms with van der Waals surface area (Å²) in [6.45, 7) is 6.37. The van der Waals surface area contributed by atoms with Crippen LogP contribution >= 0.6 is 19.2 Å². The molecule has 9 heteroatoms. The van der Waals surface area contributed by atoms with E-state index >= 15 is 0 Å². The molecule has 0 saturated carbocycles. The molecule has 3 unspecified atom stereocenters. The quantitative estimate of drug-likeness (QED) is 0.360. The van der Waals surface area contributed by atoms with Crippen LogP contribution in [0.4, 0.5) is 0 Å². The summed E-state index contributed by atoms with van der Waals surface area (Å²) in [5, 5.41) is 17.8. The first kappa shape index (κ1) is 20.4. The van der Waals surface area contributed by atoms with E-state index in [-0.39, 0.29) is 18.8 Å². The SMILES string of the molecule is B[C@@H]1O[C@H](CC(C)(CC)OP(=O)(O)C(C)(O)CC)[C@@H](O)[C@H]1Cl. The van der Waals surface area contributed by atoms with Crippen LogP contribution in [-0.2, 0) is 13.8 Å². The standard InChI is InChI=1S/C13H27BClO6P/c1-5-12(3,21-22(18,19)13(4,17)6-2)7-8-10(16)9(15)11(14)20-8/h8-11,16-17H,5-7,14H2,1-4H3,(H,18,19)/t8-,9-,10-,11-,12?,13?/m1/s1. The highest BCUT2D eigenvalue weighted by atomic mass is 35.5. The van der Waals surface area contributed by atoms with E-state index in [0.29, 0.717) is 6.42 Å². The Morgan fingerprint density at radius 1 is 1.36 bits per heavy atom. The lowest BCUT2D eigenvalue weighted by Gasteiger charge is -2.37. The van der Waals surface area contributed by atoms with Crippen molar-refractivity contribution in [2.75, 3.05) is 0 Å². The minimum Gasteiger partial charge on any atom is -0.389 e. The molecule has 1 aliphatic rings. The van der Waals surface area contributed by atoms with Crippen molar-refractivity contribution in [1.29, 1.82) is 0 Å². The van der Waals surface area contributed by atoms with Gasteiger partial charge in [-0.05, 0) is 26.7 Å². The van der Waals surface area contributed by atoms with Crippen LogP contribution in [0.2, 0.25) is 0 Å². The number of aliphatic hydroxyl groups is 2. The van der Waals surface area contributed by atoms with Crippen LogP contribution in [0.3, 0.4) is 0 Å². The average molecular weight is 357 g/mol. The molecule has 1 heterocycles. The summed E-state index contributed by atoms with van der Waals surface area (Å²) in [7, 11) is -2.49. The van der Waals surface area contributed by atoms with Gasteiger partial charge in [-0.15, -0.1) is 11.6 Å². The van der Waals surface area contributed by atoms with Gasteiger partial charge in [-0.3, -0.25) is 4.57 Å². The molecule has 7 atom stereocenters. The number of hydrogen-bond acceptors (Lipinski definition) is 5. The van der Waals surface area contributed by atoms with Crippen molar-refractivity contribution >= 4 is 27.0 Å². The molecule has 0 aromatic rings. The molecule has 0 aromatic carbocycles. The molecule has 0 spiro atoms. The molecule has 130 valence electrons. The molecule has 0 amide bonds. The van der Waals surface area contributed by atoms with Gasteiger partial charge < -0.3 is 24.4 Å². The predicted octanol–water partition coefficient (Wildman–Crippen LogP) is 1.19. The van der Waals surface area contributed by atoms with Gasteiger partial charge in [0.25, 0.3) is 0 Å². The fourth-order valence-electron chi connectivity index (χ4n) is 2.35. The van der Waals surface area contributed by atoms with Crippen molar-refractivity contribution in [2.45, 2.75) is 81.5 Å². The third kappa shape index (κ3) is 4.26. The number of ether oxygens (including phenoxy) is 1. The second kappa shape index (κ2) is 7.10. The summed E-state index contributed by atoms with van der Waals surface area (Å²) in [5.41, 5.74) is -1.02. The molecular formula is C13H27BClO6P. The molecule has 1 fully saturated rings. The summed E-state index contributed by atoms with van der Waals surface area (Å²) >= 11 is 6.05. The molecule has 0 radical (unpaired) electrons. The van der Waals surface area contributed by atoms with E-state index in [0.717, 1.165) is 0 Å². The van der Waals surface area contributed by atoms with Gasteiger partial charge in [0, 0.05) is 12.4 Å². The predicted molar refractivity (Wildman–Crippen MR) is 88.0 cm³/mol. The van der Waals surface area contributed by atoms with Crippen molar-refractivity contribution in [3.05, 3.63) is 0 Å². The fraction of sp³-hybridized carbons (Fsp3) is 1.00. The Hall–Kier alpha value is 0.385. The number of rotatable bonds is 7. The molecule has 3 N–H and O–H groups in total. The molecular weight excluding hydrogens is 329 g/mol. The van der Waals surface area contributed by atoms with Gasteiger partial charge >= 0.3 is 7.60 Å². The van der Waals surface area contributed by atoms with Gasteiger partial charge in [0.2, 0.25) is 0 Å². The maximum atomic E-state index is 12.4. The van der Waals surface area contributed by atoms with Gasteiger partial charge in [0.05, 0.1) is 23.2 Å². The highest BCUT2D eigenvalue weighted by Crippen LogP contribution is 2.59. The molecule has 1 aliphatic heterocycles. The van der Waals surface area contributed by atoms with Gasteiger partial charge in [0.15, 0.2) is 5.34 Å². The maximum Gasteiger partial charge on any atom is 0.359 e. The Morgan fingerprint density at radius 2 is 1.91 bits per heavy atom. The van der Waals surface area contributed by atoms with Gasteiger partial charge in [-0.25, -0.2) is 0 Å².